The Kier molecular flexibility index (Phi) is 10.2. The number of aliphatic carboxylic acids is 1. The number of hydrogen-bond acceptors (Lipinski definition) is 7. The fraction of sp³-hybridized carbons (Fsp3) is 0.529. The average molecular weight is 573 g/mol. The molecule has 0 saturated carbocycles. The van der Waals surface area contributed by atoms with Gasteiger partial charge in [0.15, 0.2) is 9.84 Å². The highest BCUT2D eigenvalue weighted by atomic mass is 79.9. The van der Waals surface area contributed by atoms with Gasteiger partial charge in [-0.05, 0) is 6.07 Å². The molecule has 0 saturated heterocycles. The summed E-state index contributed by atoms with van der Waals surface area (Å²) in [5, 5.41) is 21.5. The van der Waals surface area contributed by atoms with E-state index in [1.54, 1.807) is 4.90 Å². The maximum Gasteiger partial charge on any atom is 0.305 e. The lowest BCUT2D eigenvalue weighted by Crippen LogP contribution is -2.32. The van der Waals surface area contributed by atoms with E-state index >= 15 is 0 Å². The monoisotopic (exact) mass is 571 g/mol. The van der Waals surface area contributed by atoms with Crippen LogP contribution in [0.15, 0.2) is 17.0 Å². The molecule has 0 aliphatic carbocycles. The summed E-state index contributed by atoms with van der Waals surface area (Å²) in [5.74, 6) is -2.14. The number of alkyl halides is 2. The highest BCUT2D eigenvalue weighted by molar-refractivity contribution is 9.09. The van der Waals surface area contributed by atoms with Gasteiger partial charge in [0.1, 0.15) is 5.56 Å². The molecule has 0 radical (unpaired) electrons. The summed E-state index contributed by atoms with van der Waals surface area (Å²) >= 11 is 6.61. The predicted octanol–water partition coefficient (Wildman–Crippen LogP) is 2.53. The number of halogens is 2. The number of nitrogens with zero attached hydrogens (tertiary/aromatic N) is 3. The number of rotatable bonds is 12. The molecule has 0 heterocycles. The lowest BCUT2D eigenvalue weighted by Gasteiger charge is -2.26. The lowest BCUT2D eigenvalue weighted by atomic mass is 10.1. The van der Waals surface area contributed by atoms with E-state index in [4.69, 9.17) is 5.11 Å². The summed E-state index contributed by atoms with van der Waals surface area (Å²) in [6, 6.07) is 2.13. The van der Waals surface area contributed by atoms with E-state index in [2.05, 4.69) is 31.9 Å². The summed E-state index contributed by atoms with van der Waals surface area (Å²) in [4.78, 5) is 37.0. The van der Waals surface area contributed by atoms with Crippen LogP contribution in [-0.4, -0.2) is 78.3 Å². The van der Waals surface area contributed by atoms with E-state index in [1.807, 2.05) is 0 Å². The number of sulfone groups is 1. The van der Waals surface area contributed by atoms with E-state index in [-0.39, 0.29) is 34.9 Å². The van der Waals surface area contributed by atoms with Crippen molar-refractivity contribution in [2.75, 3.05) is 48.0 Å². The third-order valence-electron chi connectivity index (χ3n) is 4.28. The zero-order valence-electron chi connectivity index (χ0n) is 16.5. The Morgan fingerprint density at radius 3 is 2.17 bits per heavy atom. The Bertz CT molecular complexity index is 903. The third kappa shape index (κ3) is 6.64. The first kappa shape index (κ1) is 26.3. The molecule has 13 heteroatoms. The molecule has 0 atom stereocenters. The predicted molar refractivity (Wildman–Crippen MR) is 120 cm³/mol. The molecule has 0 spiro atoms. The number of nitro benzene ring substituents is 1. The van der Waals surface area contributed by atoms with Crippen LogP contribution in [0, 0.1) is 10.1 Å². The Labute approximate surface area is 191 Å². The molecule has 0 bridgehead atoms. The first-order chi connectivity index (χ1) is 14.0. The van der Waals surface area contributed by atoms with Gasteiger partial charge < -0.3 is 14.9 Å². The van der Waals surface area contributed by atoms with Crippen LogP contribution in [-0.2, 0) is 14.6 Å². The second-order valence-electron chi connectivity index (χ2n) is 6.23. The third-order valence-corrected chi connectivity index (χ3v) is 6.74. The van der Waals surface area contributed by atoms with Crippen LogP contribution in [0.1, 0.15) is 23.7 Å². The Balaban J connectivity index is 3.72. The van der Waals surface area contributed by atoms with Crippen molar-refractivity contribution in [3.63, 3.8) is 0 Å². The zero-order chi connectivity index (χ0) is 23.1. The molecule has 10 nitrogen and oxygen atoms in total. The minimum absolute atomic E-state index is 0.151. The van der Waals surface area contributed by atoms with Gasteiger partial charge in [0.25, 0.3) is 11.6 Å². The van der Waals surface area contributed by atoms with Crippen LogP contribution in [0.4, 0.5) is 11.4 Å². The van der Waals surface area contributed by atoms with Gasteiger partial charge in [0.2, 0.25) is 0 Å². The molecule has 0 aliphatic rings. The second-order valence-corrected chi connectivity index (χ2v) is 10.1. The minimum atomic E-state index is -3.83. The second kappa shape index (κ2) is 11.6. The SMILES string of the molecule is CCS(=O)(=O)c1cc([N+](=O)[O-])c(C(=O)N(C)CCC(=O)O)cc1N(CCBr)CCBr. The Hall–Kier alpha value is -1.73. The summed E-state index contributed by atoms with van der Waals surface area (Å²) in [6.45, 7) is 2.08. The summed E-state index contributed by atoms with van der Waals surface area (Å²) < 4.78 is 25.3. The van der Waals surface area contributed by atoms with E-state index in [1.165, 1.54) is 20.0 Å². The number of carbonyl (C=O) groups excluding carboxylic acids is 1. The van der Waals surface area contributed by atoms with Crippen molar-refractivity contribution < 1.29 is 28.0 Å². The number of carboxylic acid groups (broad SMARTS) is 1. The van der Waals surface area contributed by atoms with Crippen molar-refractivity contribution in [1.82, 2.24) is 4.90 Å². The van der Waals surface area contributed by atoms with Crippen LogP contribution in [0.5, 0.6) is 0 Å². The fourth-order valence-electron chi connectivity index (χ4n) is 2.66. The molecule has 0 unspecified atom stereocenters. The number of benzene rings is 1. The molecule has 0 fully saturated rings. The van der Waals surface area contributed by atoms with Crippen molar-refractivity contribution in [1.29, 1.82) is 0 Å². The number of nitro groups is 1. The molecule has 30 heavy (non-hydrogen) atoms. The highest BCUT2D eigenvalue weighted by Crippen LogP contribution is 2.34. The normalized spacial score (nSPS) is 11.2. The maximum atomic E-state index is 12.8. The van der Waals surface area contributed by atoms with Crippen molar-refractivity contribution in [3.05, 3.63) is 27.8 Å². The topological polar surface area (TPSA) is 138 Å². The Morgan fingerprint density at radius 2 is 1.73 bits per heavy atom. The first-order valence-corrected chi connectivity index (χ1v) is 12.8. The molecular weight excluding hydrogens is 550 g/mol. The minimum Gasteiger partial charge on any atom is -0.481 e. The highest BCUT2D eigenvalue weighted by Gasteiger charge is 2.31. The van der Waals surface area contributed by atoms with Gasteiger partial charge in [-0.2, -0.15) is 0 Å². The zero-order valence-corrected chi connectivity index (χ0v) is 20.5. The summed E-state index contributed by atoms with van der Waals surface area (Å²) in [6.07, 6.45) is -0.329. The van der Waals surface area contributed by atoms with Gasteiger partial charge in [-0.15, -0.1) is 0 Å². The van der Waals surface area contributed by atoms with Crippen LogP contribution >= 0.6 is 31.9 Å². The molecule has 1 N–H and O–H groups in total. The number of carbonyl (C=O) groups is 2. The molecule has 1 amide bonds. The number of hydrogen-bond donors (Lipinski definition) is 1. The molecule has 0 aliphatic heterocycles. The van der Waals surface area contributed by atoms with E-state index in [0.717, 1.165) is 11.0 Å². The summed E-state index contributed by atoms with van der Waals surface area (Å²) in [7, 11) is -2.50. The standard InChI is InChI=1S/C17H23Br2N3O7S/c1-3-30(28,29)15-11-13(22(26)27)12(17(25)20(2)7-4-16(23)24)10-14(15)21(8-5-18)9-6-19/h10-11H,3-9H2,1-2H3,(H,23,24). The van der Waals surface area contributed by atoms with Crippen molar-refractivity contribution >= 4 is 64.9 Å². The smallest absolute Gasteiger partial charge is 0.305 e. The van der Waals surface area contributed by atoms with Crippen molar-refractivity contribution in [2.45, 2.75) is 18.2 Å². The first-order valence-electron chi connectivity index (χ1n) is 8.89. The average Bonchev–Trinajstić information content (AvgIpc) is 2.70. The van der Waals surface area contributed by atoms with Crippen LogP contribution < -0.4 is 4.90 Å². The van der Waals surface area contributed by atoms with E-state index < -0.39 is 32.3 Å². The van der Waals surface area contributed by atoms with Gasteiger partial charge in [0, 0.05) is 43.4 Å². The van der Waals surface area contributed by atoms with E-state index in [9.17, 15) is 28.1 Å². The number of amides is 1. The van der Waals surface area contributed by atoms with Crippen LogP contribution in [0.25, 0.3) is 0 Å². The Morgan fingerprint density at radius 1 is 1.17 bits per heavy atom. The van der Waals surface area contributed by atoms with Crippen LogP contribution in [0.3, 0.4) is 0 Å². The van der Waals surface area contributed by atoms with Gasteiger partial charge in [-0.25, -0.2) is 8.42 Å². The number of anilines is 1. The van der Waals surface area contributed by atoms with E-state index in [0.29, 0.717) is 23.7 Å². The molecule has 168 valence electrons. The van der Waals surface area contributed by atoms with Crippen molar-refractivity contribution in [2.24, 2.45) is 0 Å². The summed E-state index contributed by atoms with van der Waals surface area (Å²) in [5.41, 5.74) is -0.751. The van der Waals surface area contributed by atoms with Gasteiger partial charge in [0.05, 0.1) is 27.7 Å². The molecular formula is C17H23Br2N3O7S. The fourth-order valence-corrected chi connectivity index (χ4v) is 4.62. The van der Waals surface area contributed by atoms with Crippen LogP contribution in [0.2, 0.25) is 0 Å². The van der Waals surface area contributed by atoms with Gasteiger partial charge in [-0.1, -0.05) is 38.8 Å². The molecule has 1 aromatic carbocycles. The van der Waals surface area contributed by atoms with Gasteiger partial charge in [-0.3, -0.25) is 19.7 Å². The van der Waals surface area contributed by atoms with Gasteiger partial charge >= 0.3 is 5.97 Å². The lowest BCUT2D eigenvalue weighted by molar-refractivity contribution is -0.385. The largest absolute Gasteiger partial charge is 0.481 e. The number of carboxylic acids is 1. The molecule has 1 aromatic rings. The molecule has 1 rings (SSSR count). The maximum absolute atomic E-state index is 12.8. The quantitative estimate of drug-likeness (QED) is 0.229. The van der Waals surface area contributed by atoms with Crippen molar-refractivity contribution in [3.8, 4) is 0 Å². The molecule has 0 aromatic heterocycles.